The van der Waals surface area contributed by atoms with E-state index in [9.17, 15) is 9.59 Å². The van der Waals surface area contributed by atoms with Gasteiger partial charge < -0.3 is 18.8 Å². The maximum atomic E-state index is 14.0. The molecule has 10 heteroatoms. The SMILES string of the molecule is CCOc1ccc([C@@H]2C(C(=O)OC)=CN=c3s/c(=C/c4cc(C)n(-c5ccc(Br)cc5)c4C)c(=O)n32)cc1OCC. The Balaban J connectivity index is 1.66. The Kier molecular flexibility index (Phi) is 8.32. The van der Waals surface area contributed by atoms with Crippen molar-refractivity contribution in [2.75, 3.05) is 20.3 Å². The normalized spacial score (nSPS) is 14.7. The van der Waals surface area contributed by atoms with Crippen molar-refractivity contribution in [3.8, 4) is 17.2 Å². The first kappa shape index (κ1) is 28.6. The second-order valence-electron chi connectivity index (χ2n) is 9.39. The molecule has 2 aromatic carbocycles. The molecule has 0 fully saturated rings. The van der Waals surface area contributed by atoms with Crippen LogP contribution in [0.1, 0.15) is 42.4 Å². The molecule has 0 aliphatic carbocycles. The number of ether oxygens (including phenoxy) is 3. The molecule has 0 saturated carbocycles. The van der Waals surface area contributed by atoms with Crippen LogP contribution < -0.4 is 24.4 Å². The molecule has 0 spiro atoms. The Morgan fingerprint density at radius 3 is 2.44 bits per heavy atom. The Morgan fingerprint density at radius 2 is 1.76 bits per heavy atom. The molecule has 1 aliphatic heterocycles. The van der Waals surface area contributed by atoms with Crippen LogP contribution in [0.25, 0.3) is 11.8 Å². The smallest absolute Gasteiger partial charge is 0.337 e. The van der Waals surface area contributed by atoms with Gasteiger partial charge in [-0.1, -0.05) is 33.3 Å². The standard InChI is InChI=1S/C31H30BrN3O5S/c1-6-39-25-13-8-20(15-26(25)40-7-2)28-24(30(37)38-5)17-33-31-35(28)29(36)27(41-31)16-21-14-18(3)34(19(21)4)23-11-9-22(32)10-12-23/h8-17,28H,6-7H2,1-5H3/b27-16+/t28-/m1/s1. The van der Waals surface area contributed by atoms with Crippen molar-refractivity contribution in [3.63, 3.8) is 0 Å². The lowest BCUT2D eigenvalue weighted by Gasteiger charge is -2.23. The summed E-state index contributed by atoms with van der Waals surface area (Å²) in [6.07, 6.45) is 3.38. The monoisotopic (exact) mass is 635 g/mol. The summed E-state index contributed by atoms with van der Waals surface area (Å²) in [6.45, 7) is 8.77. The second kappa shape index (κ2) is 11.9. The molecule has 0 radical (unpaired) electrons. The fourth-order valence-electron chi connectivity index (χ4n) is 5.05. The first-order valence-corrected chi connectivity index (χ1v) is 14.8. The number of methoxy groups -OCH3 is 1. The highest BCUT2D eigenvalue weighted by molar-refractivity contribution is 9.10. The molecule has 0 bridgehead atoms. The molecule has 41 heavy (non-hydrogen) atoms. The Bertz CT molecular complexity index is 1830. The largest absolute Gasteiger partial charge is 0.490 e. The molecule has 1 aliphatic rings. The average Bonchev–Trinajstić information content (AvgIpc) is 3.43. The van der Waals surface area contributed by atoms with Crippen LogP contribution in [0.15, 0.2) is 74.6 Å². The third kappa shape index (κ3) is 5.41. The zero-order valence-corrected chi connectivity index (χ0v) is 25.8. The number of halogens is 1. The number of rotatable bonds is 8. The average molecular weight is 637 g/mol. The van der Waals surface area contributed by atoms with Gasteiger partial charge in [0.25, 0.3) is 5.56 Å². The van der Waals surface area contributed by atoms with Crippen LogP contribution in [0.3, 0.4) is 0 Å². The summed E-state index contributed by atoms with van der Waals surface area (Å²) in [4.78, 5) is 31.8. The number of carbonyl (C=O) groups is 1. The number of esters is 1. The quantitative estimate of drug-likeness (QED) is 0.255. The van der Waals surface area contributed by atoms with Gasteiger partial charge in [0.15, 0.2) is 16.3 Å². The molecule has 0 amide bonds. The van der Waals surface area contributed by atoms with Crippen molar-refractivity contribution < 1.29 is 19.0 Å². The van der Waals surface area contributed by atoms with E-state index in [0.29, 0.717) is 39.6 Å². The summed E-state index contributed by atoms with van der Waals surface area (Å²) in [7, 11) is 1.32. The van der Waals surface area contributed by atoms with Crippen LogP contribution in [0.5, 0.6) is 11.5 Å². The van der Waals surface area contributed by atoms with Crippen LogP contribution >= 0.6 is 27.3 Å². The predicted molar refractivity (Wildman–Crippen MR) is 163 cm³/mol. The van der Waals surface area contributed by atoms with Crippen molar-refractivity contribution in [2.24, 2.45) is 4.99 Å². The van der Waals surface area contributed by atoms with Crippen LogP contribution in [0, 0.1) is 13.8 Å². The van der Waals surface area contributed by atoms with E-state index < -0.39 is 12.0 Å². The summed E-state index contributed by atoms with van der Waals surface area (Å²) >= 11 is 4.78. The number of aryl methyl sites for hydroxylation is 1. The Hall–Kier alpha value is -3.89. The molecule has 4 aromatic rings. The van der Waals surface area contributed by atoms with Gasteiger partial charge in [0.2, 0.25) is 0 Å². The van der Waals surface area contributed by atoms with Gasteiger partial charge in [0.1, 0.15) is 0 Å². The van der Waals surface area contributed by atoms with Crippen LogP contribution in [-0.4, -0.2) is 35.4 Å². The van der Waals surface area contributed by atoms with Gasteiger partial charge >= 0.3 is 5.97 Å². The molecule has 5 rings (SSSR count). The lowest BCUT2D eigenvalue weighted by atomic mass is 9.97. The number of hydrogen-bond donors (Lipinski definition) is 0. The summed E-state index contributed by atoms with van der Waals surface area (Å²) < 4.78 is 21.9. The Morgan fingerprint density at radius 1 is 1.05 bits per heavy atom. The van der Waals surface area contributed by atoms with E-state index in [0.717, 1.165) is 27.1 Å². The van der Waals surface area contributed by atoms with E-state index in [1.807, 2.05) is 70.2 Å². The molecule has 1 atom stereocenters. The zero-order valence-electron chi connectivity index (χ0n) is 23.4. The lowest BCUT2D eigenvalue weighted by molar-refractivity contribution is -0.136. The van der Waals surface area contributed by atoms with Gasteiger partial charge in [-0.15, -0.1) is 0 Å². The van der Waals surface area contributed by atoms with Crippen molar-refractivity contribution in [1.82, 2.24) is 9.13 Å². The molecule has 2 aromatic heterocycles. The molecule has 3 heterocycles. The molecule has 8 nitrogen and oxygen atoms in total. The summed E-state index contributed by atoms with van der Waals surface area (Å²) in [5, 5.41) is 0. The fourth-order valence-corrected chi connectivity index (χ4v) is 6.27. The van der Waals surface area contributed by atoms with Gasteiger partial charge in [-0.05, 0) is 87.4 Å². The minimum absolute atomic E-state index is 0.242. The van der Waals surface area contributed by atoms with Gasteiger partial charge in [0.05, 0.1) is 36.5 Å². The highest BCUT2D eigenvalue weighted by Crippen LogP contribution is 2.35. The molecule has 212 valence electrons. The minimum atomic E-state index is -0.745. The summed E-state index contributed by atoms with van der Waals surface area (Å²) in [5.41, 5.74) is 4.72. The van der Waals surface area contributed by atoms with Crippen LogP contribution in [-0.2, 0) is 9.53 Å². The van der Waals surface area contributed by atoms with Crippen LogP contribution in [0.2, 0.25) is 0 Å². The predicted octanol–water partition coefficient (Wildman–Crippen LogP) is 4.99. The van der Waals surface area contributed by atoms with Gasteiger partial charge in [-0.25, -0.2) is 9.79 Å². The zero-order chi connectivity index (χ0) is 29.3. The summed E-state index contributed by atoms with van der Waals surface area (Å²) in [5.74, 6) is 0.573. The highest BCUT2D eigenvalue weighted by atomic mass is 79.9. The fraction of sp³-hybridized carbons (Fsp3) is 0.258. The number of benzene rings is 2. The molecule has 0 N–H and O–H groups in total. The van der Waals surface area contributed by atoms with E-state index in [1.165, 1.54) is 24.6 Å². The number of thiazole rings is 1. The van der Waals surface area contributed by atoms with Crippen LogP contribution in [0.4, 0.5) is 0 Å². The Labute approximate surface area is 250 Å². The molecule has 0 saturated heterocycles. The van der Waals surface area contributed by atoms with E-state index >= 15 is 0 Å². The third-order valence-corrected chi connectivity index (χ3v) is 8.38. The highest BCUT2D eigenvalue weighted by Gasteiger charge is 2.31. The van der Waals surface area contributed by atoms with E-state index in [4.69, 9.17) is 14.2 Å². The third-order valence-electron chi connectivity index (χ3n) is 6.85. The van der Waals surface area contributed by atoms with Crippen molar-refractivity contribution in [3.05, 3.63) is 107 Å². The molecular formula is C31H30BrN3O5S. The first-order valence-electron chi connectivity index (χ1n) is 13.2. The maximum Gasteiger partial charge on any atom is 0.337 e. The number of fused-ring (bicyclic) bond motifs is 1. The van der Waals surface area contributed by atoms with Gasteiger partial charge in [-0.3, -0.25) is 9.36 Å². The van der Waals surface area contributed by atoms with Crippen molar-refractivity contribution >= 4 is 39.3 Å². The van der Waals surface area contributed by atoms with Crippen molar-refractivity contribution in [1.29, 1.82) is 0 Å². The maximum absolute atomic E-state index is 14.0. The number of nitrogens with zero attached hydrogens (tertiary/aromatic N) is 3. The molecular weight excluding hydrogens is 606 g/mol. The summed E-state index contributed by atoms with van der Waals surface area (Å²) in [6, 6.07) is 14.9. The van der Waals surface area contributed by atoms with E-state index in [-0.39, 0.29) is 11.1 Å². The number of carbonyl (C=O) groups excluding carboxylic acids is 1. The van der Waals surface area contributed by atoms with E-state index in [1.54, 1.807) is 10.6 Å². The lowest BCUT2D eigenvalue weighted by Crippen LogP contribution is -2.39. The minimum Gasteiger partial charge on any atom is -0.490 e. The number of aromatic nitrogens is 2. The topological polar surface area (TPSA) is 84.0 Å². The van der Waals surface area contributed by atoms with Gasteiger partial charge in [0, 0.05) is 27.7 Å². The molecule has 0 unspecified atom stereocenters. The van der Waals surface area contributed by atoms with Gasteiger partial charge in [-0.2, -0.15) is 0 Å². The first-order chi connectivity index (χ1) is 19.8. The number of hydrogen-bond acceptors (Lipinski definition) is 7. The van der Waals surface area contributed by atoms with Crippen molar-refractivity contribution in [2.45, 2.75) is 33.7 Å². The second-order valence-corrected chi connectivity index (χ2v) is 11.3. The van der Waals surface area contributed by atoms with E-state index in [2.05, 4.69) is 31.6 Å².